The Bertz CT molecular complexity index is 831. The topological polar surface area (TPSA) is 95.5 Å². The van der Waals surface area contributed by atoms with Crippen molar-refractivity contribution < 1.29 is 24.2 Å². The largest absolute Gasteiger partial charge is 0.545 e. The van der Waals surface area contributed by atoms with E-state index in [9.17, 15) is 19.5 Å². The van der Waals surface area contributed by atoms with Crippen LogP contribution < -0.4 is 10.4 Å². The van der Waals surface area contributed by atoms with Gasteiger partial charge >= 0.3 is 5.97 Å². The molecule has 0 aliphatic carbocycles. The second-order valence-electron chi connectivity index (χ2n) is 5.25. The molecule has 1 aliphatic heterocycles. The fourth-order valence-corrected chi connectivity index (χ4v) is 2.83. The number of hydrogen-bond acceptors (Lipinski definition) is 5. The lowest BCUT2D eigenvalue weighted by atomic mass is 9.98. The number of fused-ring (bicyclic) bond motifs is 1. The molecule has 1 aliphatic rings. The van der Waals surface area contributed by atoms with Gasteiger partial charge < -0.3 is 20.0 Å². The summed E-state index contributed by atoms with van der Waals surface area (Å²) < 4.78 is 5.99. The number of carbonyl (C=O) groups is 3. The summed E-state index contributed by atoms with van der Waals surface area (Å²) in [6, 6.07) is 10.7. The van der Waals surface area contributed by atoms with Gasteiger partial charge in [-0.3, -0.25) is 4.79 Å². The summed E-state index contributed by atoms with van der Waals surface area (Å²) in [5, 5.41) is 13.3. The number of rotatable bonds is 3. The van der Waals surface area contributed by atoms with E-state index in [0.29, 0.717) is 11.3 Å². The molecule has 7 heteroatoms. The van der Waals surface area contributed by atoms with E-state index in [1.165, 1.54) is 24.3 Å². The van der Waals surface area contributed by atoms with Crippen molar-refractivity contribution in [2.24, 2.45) is 0 Å². The van der Waals surface area contributed by atoms with E-state index in [0.717, 1.165) is 10.0 Å². The van der Waals surface area contributed by atoms with Crippen LogP contribution in [0.1, 0.15) is 26.3 Å². The average molecular weight is 389 g/mol. The van der Waals surface area contributed by atoms with Crippen molar-refractivity contribution in [2.45, 2.75) is 12.5 Å². The number of halogens is 1. The van der Waals surface area contributed by atoms with Gasteiger partial charge in [0.1, 0.15) is 0 Å². The van der Waals surface area contributed by atoms with Crippen molar-refractivity contribution in [3.05, 3.63) is 63.6 Å². The van der Waals surface area contributed by atoms with Gasteiger partial charge in [0.2, 0.25) is 0 Å². The second-order valence-corrected chi connectivity index (χ2v) is 6.17. The van der Waals surface area contributed by atoms with Crippen LogP contribution in [0.4, 0.5) is 5.69 Å². The van der Waals surface area contributed by atoms with Crippen LogP contribution in [-0.2, 0) is 16.0 Å². The zero-order valence-corrected chi connectivity index (χ0v) is 13.8. The predicted octanol–water partition coefficient (Wildman–Crippen LogP) is 1.53. The van der Waals surface area contributed by atoms with Gasteiger partial charge in [0.15, 0.2) is 6.10 Å². The standard InChI is InChI=1S/C17H12BrNO5/c18-11-3-6-13-10(7-11)8-14(24-17(13)23)15(20)19-12-4-1-9(2-5-12)16(21)22/h1-7,14H,8H2,(H,19,20)(H,21,22)/p-1/t14-/m1/s1. The summed E-state index contributed by atoms with van der Waals surface area (Å²) in [6.07, 6.45) is -0.677. The first-order chi connectivity index (χ1) is 11.4. The third kappa shape index (κ3) is 3.30. The fraction of sp³-hybridized carbons (Fsp3) is 0.118. The lowest BCUT2D eigenvalue weighted by Crippen LogP contribution is -2.38. The van der Waals surface area contributed by atoms with Crippen LogP contribution in [0.5, 0.6) is 0 Å². The van der Waals surface area contributed by atoms with Crippen LogP contribution >= 0.6 is 15.9 Å². The first-order valence-corrected chi connectivity index (χ1v) is 7.85. The van der Waals surface area contributed by atoms with Gasteiger partial charge in [-0.1, -0.05) is 28.1 Å². The maximum atomic E-state index is 12.3. The number of anilines is 1. The SMILES string of the molecule is O=C([O-])c1ccc(NC(=O)[C@H]2Cc3cc(Br)ccc3C(=O)O2)cc1. The van der Waals surface area contributed by atoms with Crippen LogP contribution in [-0.4, -0.2) is 23.9 Å². The molecule has 122 valence electrons. The lowest BCUT2D eigenvalue weighted by Gasteiger charge is -2.24. The van der Waals surface area contributed by atoms with Gasteiger partial charge in [-0.15, -0.1) is 0 Å². The molecule has 0 saturated carbocycles. The summed E-state index contributed by atoms with van der Waals surface area (Å²) in [5.41, 5.74) is 1.59. The van der Waals surface area contributed by atoms with Gasteiger partial charge in [-0.25, -0.2) is 4.79 Å². The van der Waals surface area contributed by atoms with Crippen LogP contribution in [0.15, 0.2) is 46.9 Å². The maximum Gasteiger partial charge on any atom is 0.339 e. The van der Waals surface area contributed by atoms with E-state index in [1.54, 1.807) is 18.2 Å². The molecule has 1 N–H and O–H groups in total. The zero-order chi connectivity index (χ0) is 17.3. The fourth-order valence-electron chi connectivity index (χ4n) is 2.42. The van der Waals surface area contributed by atoms with Crippen molar-refractivity contribution in [2.75, 3.05) is 5.32 Å². The number of hydrogen-bond donors (Lipinski definition) is 1. The smallest absolute Gasteiger partial charge is 0.339 e. The van der Waals surface area contributed by atoms with Crippen LogP contribution in [0.25, 0.3) is 0 Å². The average Bonchev–Trinajstić information content (AvgIpc) is 2.54. The van der Waals surface area contributed by atoms with Crippen molar-refractivity contribution in [3.8, 4) is 0 Å². The highest BCUT2D eigenvalue weighted by Gasteiger charge is 2.31. The van der Waals surface area contributed by atoms with E-state index >= 15 is 0 Å². The van der Waals surface area contributed by atoms with E-state index in [1.807, 2.05) is 0 Å². The Morgan fingerprint density at radius 1 is 1.17 bits per heavy atom. The number of esters is 1. The maximum absolute atomic E-state index is 12.3. The van der Waals surface area contributed by atoms with Crippen LogP contribution in [0.2, 0.25) is 0 Å². The molecule has 1 heterocycles. The molecule has 1 atom stereocenters. The number of carboxylic acids is 1. The first kappa shape index (κ1) is 16.2. The molecule has 0 radical (unpaired) electrons. The van der Waals surface area contributed by atoms with E-state index in [-0.39, 0.29) is 12.0 Å². The first-order valence-electron chi connectivity index (χ1n) is 7.06. The molecule has 1 amide bonds. The number of cyclic esters (lactones) is 1. The highest BCUT2D eigenvalue weighted by molar-refractivity contribution is 9.10. The summed E-state index contributed by atoms with van der Waals surface area (Å²) in [7, 11) is 0. The molecule has 0 bridgehead atoms. The molecule has 24 heavy (non-hydrogen) atoms. The van der Waals surface area contributed by atoms with E-state index in [2.05, 4.69) is 21.2 Å². The van der Waals surface area contributed by atoms with Gasteiger partial charge in [-0.2, -0.15) is 0 Å². The quantitative estimate of drug-likeness (QED) is 0.804. The monoisotopic (exact) mass is 388 g/mol. The Kier molecular flexibility index (Phi) is 4.35. The summed E-state index contributed by atoms with van der Waals surface area (Å²) in [6.45, 7) is 0. The lowest BCUT2D eigenvalue weighted by molar-refractivity contribution is -0.255. The molecular weight excluding hydrogens is 378 g/mol. The second kappa shape index (κ2) is 6.45. The minimum atomic E-state index is -1.30. The molecule has 0 fully saturated rings. The number of ether oxygens (including phenoxy) is 1. The minimum absolute atomic E-state index is 0.0101. The molecule has 2 aromatic carbocycles. The number of aromatic carboxylic acids is 1. The van der Waals surface area contributed by atoms with E-state index < -0.39 is 23.9 Å². The molecule has 3 rings (SSSR count). The van der Waals surface area contributed by atoms with Crippen molar-refractivity contribution >= 4 is 39.5 Å². The highest BCUT2D eigenvalue weighted by atomic mass is 79.9. The summed E-state index contributed by atoms with van der Waals surface area (Å²) >= 11 is 3.33. The molecule has 0 unspecified atom stereocenters. The normalized spacial score (nSPS) is 16.0. The zero-order valence-electron chi connectivity index (χ0n) is 12.2. The highest BCUT2D eigenvalue weighted by Crippen LogP contribution is 2.25. The Morgan fingerprint density at radius 2 is 1.88 bits per heavy atom. The summed E-state index contributed by atoms with van der Waals surface area (Å²) in [4.78, 5) is 35.0. The van der Waals surface area contributed by atoms with Crippen molar-refractivity contribution in [1.82, 2.24) is 0 Å². The third-order valence-electron chi connectivity index (χ3n) is 3.62. The molecule has 0 saturated heterocycles. The van der Waals surface area contributed by atoms with Gasteiger partial charge in [-0.05, 0) is 41.5 Å². The third-order valence-corrected chi connectivity index (χ3v) is 4.12. The molecule has 2 aromatic rings. The Hall–Kier alpha value is -2.67. The van der Waals surface area contributed by atoms with Crippen LogP contribution in [0.3, 0.4) is 0 Å². The molecular formula is C17H11BrNO5-. The minimum Gasteiger partial charge on any atom is -0.545 e. The molecule has 6 nitrogen and oxygen atoms in total. The number of benzene rings is 2. The Labute approximate surface area is 145 Å². The number of nitrogens with one attached hydrogen (secondary N) is 1. The Balaban J connectivity index is 1.74. The number of carbonyl (C=O) groups excluding carboxylic acids is 3. The van der Waals surface area contributed by atoms with Gasteiger partial charge in [0.25, 0.3) is 5.91 Å². The summed E-state index contributed by atoms with van der Waals surface area (Å²) in [5.74, 6) is -2.32. The predicted molar refractivity (Wildman–Crippen MR) is 86.5 cm³/mol. The van der Waals surface area contributed by atoms with Gasteiger partial charge in [0, 0.05) is 16.6 Å². The van der Waals surface area contributed by atoms with Crippen molar-refractivity contribution in [3.63, 3.8) is 0 Å². The van der Waals surface area contributed by atoms with Crippen LogP contribution in [0, 0.1) is 0 Å². The van der Waals surface area contributed by atoms with E-state index in [4.69, 9.17) is 4.74 Å². The molecule has 0 spiro atoms. The molecule has 0 aromatic heterocycles. The number of amides is 1. The Morgan fingerprint density at radius 3 is 2.54 bits per heavy atom. The van der Waals surface area contributed by atoms with Gasteiger partial charge in [0.05, 0.1) is 11.5 Å². The number of carboxylic acid groups (broad SMARTS) is 1. The van der Waals surface area contributed by atoms with Crippen molar-refractivity contribution in [1.29, 1.82) is 0 Å².